The molecule has 0 fully saturated rings. The quantitative estimate of drug-likeness (QED) is 0.633. The van der Waals surface area contributed by atoms with Gasteiger partial charge in [-0.25, -0.2) is 9.59 Å². The van der Waals surface area contributed by atoms with E-state index in [-0.39, 0.29) is 13.0 Å². The summed E-state index contributed by atoms with van der Waals surface area (Å²) in [5.41, 5.74) is 1.56. The first-order chi connectivity index (χ1) is 9.47. The molecule has 0 radical (unpaired) electrons. The van der Waals surface area contributed by atoms with E-state index in [1.54, 1.807) is 12.1 Å². The summed E-state index contributed by atoms with van der Waals surface area (Å²) in [6.45, 7) is 1.65. The van der Waals surface area contributed by atoms with Gasteiger partial charge in [0.05, 0.1) is 0 Å². The van der Waals surface area contributed by atoms with Crippen molar-refractivity contribution in [1.29, 1.82) is 0 Å². The van der Waals surface area contributed by atoms with Crippen molar-refractivity contribution in [3.8, 4) is 0 Å². The van der Waals surface area contributed by atoms with Crippen LogP contribution >= 0.6 is 15.9 Å². The van der Waals surface area contributed by atoms with Crippen LogP contribution in [-0.2, 0) is 11.2 Å². The van der Waals surface area contributed by atoms with E-state index < -0.39 is 18.0 Å². The molecule has 0 aromatic heterocycles. The lowest BCUT2D eigenvalue weighted by Gasteiger charge is -2.15. The summed E-state index contributed by atoms with van der Waals surface area (Å²) in [7, 11) is 0. The van der Waals surface area contributed by atoms with Crippen molar-refractivity contribution >= 4 is 33.6 Å². The summed E-state index contributed by atoms with van der Waals surface area (Å²) < 4.78 is 0.906. The number of anilines is 1. The van der Waals surface area contributed by atoms with Gasteiger partial charge in [0.15, 0.2) is 0 Å². The van der Waals surface area contributed by atoms with Crippen molar-refractivity contribution in [3.05, 3.63) is 28.2 Å². The molecule has 0 spiro atoms. The number of amides is 2. The normalized spacial score (nSPS) is 11.8. The fraction of sp³-hybridized carbons (Fsp3) is 0.385. The highest BCUT2D eigenvalue weighted by Crippen LogP contribution is 2.21. The van der Waals surface area contributed by atoms with E-state index in [9.17, 15) is 9.59 Å². The Balaban J connectivity index is 2.73. The Bertz CT molecular complexity index is 493. The van der Waals surface area contributed by atoms with Gasteiger partial charge < -0.3 is 20.8 Å². The summed E-state index contributed by atoms with van der Waals surface area (Å²) in [4.78, 5) is 22.7. The Kier molecular flexibility index (Phi) is 6.47. The maximum atomic E-state index is 11.8. The Morgan fingerprint density at radius 1 is 1.40 bits per heavy atom. The maximum absolute atomic E-state index is 11.8. The molecule has 20 heavy (non-hydrogen) atoms. The molecule has 0 aliphatic rings. The van der Waals surface area contributed by atoms with Gasteiger partial charge in [-0.05, 0) is 30.2 Å². The number of aryl methyl sites for hydroxylation is 1. The Morgan fingerprint density at radius 3 is 2.65 bits per heavy atom. The largest absolute Gasteiger partial charge is 0.480 e. The number of aliphatic carboxylic acids is 1. The van der Waals surface area contributed by atoms with E-state index >= 15 is 0 Å². The summed E-state index contributed by atoms with van der Waals surface area (Å²) in [6, 6.07) is 3.70. The lowest BCUT2D eigenvalue weighted by Crippen LogP contribution is -2.43. The van der Waals surface area contributed by atoms with Gasteiger partial charge in [0, 0.05) is 23.2 Å². The number of benzene rings is 1. The highest BCUT2D eigenvalue weighted by Gasteiger charge is 2.19. The van der Waals surface area contributed by atoms with E-state index in [1.807, 2.05) is 13.0 Å². The molecule has 2 amide bonds. The molecule has 1 atom stereocenters. The van der Waals surface area contributed by atoms with Crippen LogP contribution in [0.2, 0.25) is 0 Å². The van der Waals surface area contributed by atoms with Crippen molar-refractivity contribution < 1.29 is 19.8 Å². The molecular weight excluding hydrogens is 328 g/mol. The molecule has 110 valence electrons. The van der Waals surface area contributed by atoms with E-state index in [0.717, 1.165) is 16.5 Å². The second kappa shape index (κ2) is 7.86. The van der Waals surface area contributed by atoms with Crippen molar-refractivity contribution in [2.45, 2.75) is 25.8 Å². The zero-order chi connectivity index (χ0) is 15.1. The van der Waals surface area contributed by atoms with Crippen molar-refractivity contribution in [1.82, 2.24) is 5.32 Å². The molecule has 6 nitrogen and oxygen atoms in total. The molecule has 0 aliphatic heterocycles. The maximum Gasteiger partial charge on any atom is 0.326 e. The lowest BCUT2D eigenvalue weighted by atomic mass is 10.1. The molecule has 1 aromatic rings. The predicted octanol–water partition coefficient (Wildman–Crippen LogP) is 1.97. The van der Waals surface area contributed by atoms with Crippen molar-refractivity contribution in [3.63, 3.8) is 0 Å². The van der Waals surface area contributed by atoms with Crippen LogP contribution in [0.5, 0.6) is 0 Å². The highest BCUT2D eigenvalue weighted by atomic mass is 79.9. The monoisotopic (exact) mass is 344 g/mol. The predicted molar refractivity (Wildman–Crippen MR) is 78.8 cm³/mol. The minimum absolute atomic E-state index is 0.0380. The highest BCUT2D eigenvalue weighted by molar-refractivity contribution is 9.10. The second-order valence-electron chi connectivity index (χ2n) is 4.16. The number of nitrogens with one attached hydrogen (secondary N) is 2. The van der Waals surface area contributed by atoms with Crippen LogP contribution in [0.4, 0.5) is 10.5 Å². The number of carboxylic acids is 1. The SMILES string of the molecule is CCc1cc(Br)ccc1NC(=O)NC(CCO)C(=O)O. The molecule has 0 saturated heterocycles. The molecule has 7 heteroatoms. The van der Waals surface area contributed by atoms with Crippen LogP contribution in [0.3, 0.4) is 0 Å². The minimum Gasteiger partial charge on any atom is -0.480 e. The van der Waals surface area contributed by atoms with Crippen LogP contribution < -0.4 is 10.6 Å². The number of hydrogen-bond acceptors (Lipinski definition) is 3. The third-order valence-corrected chi connectivity index (χ3v) is 3.21. The van der Waals surface area contributed by atoms with Crippen LogP contribution in [-0.4, -0.2) is 34.9 Å². The molecule has 1 unspecified atom stereocenters. The number of halogens is 1. The van der Waals surface area contributed by atoms with Crippen LogP contribution in [0.15, 0.2) is 22.7 Å². The molecule has 0 aliphatic carbocycles. The number of carboxylic acid groups (broad SMARTS) is 1. The fourth-order valence-corrected chi connectivity index (χ4v) is 2.09. The van der Waals surface area contributed by atoms with Crippen molar-refractivity contribution in [2.24, 2.45) is 0 Å². The topological polar surface area (TPSA) is 98.7 Å². The molecule has 0 saturated carbocycles. The van der Waals surface area contributed by atoms with E-state index in [0.29, 0.717) is 5.69 Å². The van der Waals surface area contributed by atoms with Gasteiger partial charge in [0.25, 0.3) is 0 Å². The molecular formula is C13H17BrN2O4. The van der Waals surface area contributed by atoms with Gasteiger partial charge >= 0.3 is 12.0 Å². The molecule has 1 rings (SSSR count). The Morgan fingerprint density at radius 2 is 2.10 bits per heavy atom. The number of urea groups is 1. The number of aliphatic hydroxyl groups is 1. The third kappa shape index (κ3) is 4.82. The summed E-state index contributed by atoms with van der Waals surface area (Å²) in [6.07, 6.45) is 0.692. The zero-order valence-electron chi connectivity index (χ0n) is 11.0. The molecule has 0 heterocycles. The van der Waals surface area contributed by atoms with E-state index in [4.69, 9.17) is 10.2 Å². The second-order valence-corrected chi connectivity index (χ2v) is 5.07. The van der Waals surface area contributed by atoms with E-state index in [2.05, 4.69) is 26.6 Å². The molecule has 4 N–H and O–H groups in total. The van der Waals surface area contributed by atoms with E-state index in [1.165, 1.54) is 0 Å². The van der Waals surface area contributed by atoms with Crippen LogP contribution in [0.1, 0.15) is 18.9 Å². The number of hydrogen-bond donors (Lipinski definition) is 4. The Labute approximate surface area is 125 Å². The van der Waals surface area contributed by atoms with Gasteiger partial charge in [0.1, 0.15) is 6.04 Å². The third-order valence-electron chi connectivity index (χ3n) is 2.72. The first kappa shape index (κ1) is 16.5. The van der Waals surface area contributed by atoms with Gasteiger partial charge in [-0.1, -0.05) is 22.9 Å². The van der Waals surface area contributed by atoms with Gasteiger partial charge in [-0.2, -0.15) is 0 Å². The smallest absolute Gasteiger partial charge is 0.326 e. The number of carbonyl (C=O) groups excluding carboxylic acids is 1. The molecule has 0 bridgehead atoms. The van der Waals surface area contributed by atoms with Crippen LogP contribution in [0, 0.1) is 0 Å². The first-order valence-electron chi connectivity index (χ1n) is 6.17. The van der Waals surface area contributed by atoms with Gasteiger partial charge in [-0.15, -0.1) is 0 Å². The van der Waals surface area contributed by atoms with Crippen LogP contribution in [0.25, 0.3) is 0 Å². The summed E-state index contributed by atoms with van der Waals surface area (Å²) in [5.74, 6) is -1.18. The van der Waals surface area contributed by atoms with Gasteiger partial charge in [-0.3, -0.25) is 0 Å². The van der Waals surface area contributed by atoms with Gasteiger partial charge in [0.2, 0.25) is 0 Å². The number of carbonyl (C=O) groups is 2. The van der Waals surface area contributed by atoms with Crippen molar-refractivity contribution in [2.75, 3.05) is 11.9 Å². The standard InChI is InChI=1S/C13H17BrN2O4/c1-2-8-7-9(14)3-4-10(8)15-13(20)16-11(5-6-17)12(18)19/h3-4,7,11,17H,2,5-6H2,1H3,(H,18,19)(H2,15,16,20). The first-order valence-corrected chi connectivity index (χ1v) is 6.96. The minimum atomic E-state index is -1.18. The molecule has 1 aromatic carbocycles. The summed E-state index contributed by atoms with van der Waals surface area (Å²) in [5, 5.41) is 22.6. The fourth-order valence-electron chi connectivity index (χ4n) is 1.68. The average molecular weight is 345 g/mol. The number of rotatable bonds is 6. The average Bonchev–Trinajstić information content (AvgIpc) is 2.40. The number of aliphatic hydroxyl groups excluding tert-OH is 1. The Hall–Kier alpha value is -1.60. The zero-order valence-corrected chi connectivity index (χ0v) is 12.6. The lowest BCUT2D eigenvalue weighted by molar-refractivity contribution is -0.139. The summed E-state index contributed by atoms with van der Waals surface area (Å²) >= 11 is 3.35.